The number of nitrogens with one attached hydrogen (secondary N) is 1. The van der Waals surface area contributed by atoms with Crippen molar-refractivity contribution >= 4 is 29.2 Å². The lowest BCUT2D eigenvalue weighted by Crippen LogP contribution is -2.30. The number of aromatic nitrogens is 1. The topological polar surface area (TPSA) is 88.5 Å². The van der Waals surface area contributed by atoms with Crippen molar-refractivity contribution in [3.8, 4) is 5.75 Å². The van der Waals surface area contributed by atoms with Gasteiger partial charge in [-0.3, -0.25) is 9.59 Å². The molecule has 1 heterocycles. The number of hydrogen-bond acceptors (Lipinski definition) is 5. The van der Waals surface area contributed by atoms with Crippen LogP contribution in [0.4, 0.5) is 5.69 Å². The summed E-state index contributed by atoms with van der Waals surface area (Å²) in [5, 5.41) is 11.9. The van der Waals surface area contributed by atoms with Crippen LogP contribution in [-0.2, 0) is 20.7 Å². The molecule has 6 nitrogen and oxygen atoms in total. The van der Waals surface area contributed by atoms with E-state index < -0.39 is 18.0 Å². The standard InChI is InChI=1S/C16H15ClN2O4/c1-10(16(22)19-13-3-2-8-18-15(13)17)23-14(21)9-11-4-6-12(20)7-5-11/h2-8,10,20H,9H2,1H3,(H,19,22)/t10-/m0/s1. The van der Waals surface area contributed by atoms with E-state index in [-0.39, 0.29) is 17.3 Å². The first-order valence-corrected chi connectivity index (χ1v) is 7.22. The molecule has 0 aliphatic carbocycles. The molecule has 1 atom stereocenters. The minimum Gasteiger partial charge on any atom is -0.508 e. The number of nitrogens with zero attached hydrogens (tertiary/aromatic N) is 1. The Labute approximate surface area is 138 Å². The van der Waals surface area contributed by atoms with Gasteiger partial charge in [-0.25, -0.2) is 4.98 Å². The average Bonchev–Trinajstić information content (AvgIpc) is 2.51. The second-order valence-corrected chi connectivity index (χ2v) is 5.16. The maximum atomic E-state index is 12.0. The largest absolute Gasteiger partial charge is 0.508 e. The number of amides is 1. The minimum absolute atomic E-state index is 0.00550. The summed E-state index contributed by atoms with van der Waals surface area (Å²) in [5.41, 5.74) is 1.02. The molecule has 0 aliphatic rings. The fourth-order valence-electron chi connectivity index (χ4n) is 1.79. The van der Waals surface area contributed by atoms with Crippen LogP contribution in [0.5, 0.6) is 5.75 Å². The second kappa shape index (κ2) is 7.60. The molecule has 1 amide bonds. The van der Waals surface area contributed by atoms with Crippen LogP contribution in [0.2, 0.25) is 5.15 Å². The third kappa shape index (κ3) is 4.96. The zero-order chi connectivity index (χ0) is 16.8. The number of phenolic OH excluding ortho intramolecular Hbond substituents is 1. The molecule has 0 saturated carbocycles. The normalized spacial score (nSPS) is 11.6. The number of benzene rings is 1. The summed E-state index contributed by atoms with van der Waals surface area (Å²) in [6.45, 7) is 1.47. The highest BCUT2D eigenvalue weighted by Crippen LogP contribution is 2.18. The molecule has 120 valence electrons. The van der Waals surface area contributed by atoms with E-state index in [0.717, 1.165) is 0 Å². The molecule has 2 aromatic rings. The molecule has 0 spiro atoms. The van der Waals surface area contributed by atoms with E-state index in [1.165, 1.54) is 25.3 Å². The van der Waals surface area contributed by atoms with Crippen LogP contribution in [-0.4, -0.2) is 28.1 Å². The monoisotopic (exact) mass is 334 g/mol. The summed E-state index contributed by atoms with van der Waals surface area (Å²) >= 11 is 5.84. The smallest absolute Gasteiger partial charge is 0.311 e. The predicted octanol–water partition coefficient (Wildman–Crippen LogP) is 2.55. The molecule has 0 unspecified atom stereocenters. The van der Waals surface area contributed by atoms with E-state index in [0.29, 0.717) is 11.3 Å². The lowest BCUT2D eigenvalue weighted by Gasteiger charge is -2.14. The highest BCUT2D eigenvalue weighted by molar-refractivity contribution is 6.32. The number of halogens is 1. The third-order valence-electron chi connectivity index (χ3n) is 2.98. The van der Waals surface area contributed by atoms with Gasteiger partial charge >= 0.3 is 5.97 Å². The van der Waals surface area contributed by atoms with Crippen LogP contribution in [0, 0.1) is 0 Å². The van der Waals surface area contributed by atoms with E-state index in [2.05, 4.69) is 10.3 Å². The first-order chi connectivity index (χ1) is 11.0. The van der Waals surface area contributed by atoms with Crippen LogP contribution >= 0.6 is 11.6 Å². The summed E-state index contributed by atoms with van der Waals surface area (Å²) < 4.78 is 5.08. The van der Waals surface area contributed by atoms with Crippen LogP contribution in [0.3, 0.4) is 0 Å². The number of anilines is 1. The number of hydrogen-bond donors (Lipinski definition) is 2. The number of carbonyl (C=O) groups is 2. The molecule has 1 aromatic heterocycles. The fourth-order valence-corrected chi connectivity index (χ4v) is 1.95. The number of carbonyl (C=O) groups excluding carboxylic acids is 2. The molecule has 7 heteroatoms. The molecule has 2 rings (SSSR count). The Balaban J connectivity index is 1.89. The Morgan fingerprint density at radius 1 is 1.30 bits per heavy atom. The highest BCUT2D eigenvalue weighted by atomic mass is 35.5. The number of esters is 1. The molecule has 1 aromatic carbocycles. The van der Waals surface area contributed by atoms with Crippen molar-refractivity contribution in [3.63, 3.8) is 0 Å². The van der Waals surface area contributed by atoms with Crippen molar-refractivity contribution in [3.05, 3.63) is 53.3 Å². The summed E-state index contributed by atoms with van der Waals surface area (Å²) in [6.07, 6.45) is 0.529. The molecule has 0 radical (unpaired) electrons. The van der Waals surface area contributed by atoms with E-state index >= 15 is 0 Å². The molecule has 23 heavy (non-hydrogen) atoms. The lowest BCUT2D eigenvalue weighted by molar-refractivity contribution is -0.152. The van der Waals surface area contributed by atoms with E-state index in [1.54, 1.807) is 24.3 Å². The first-order valence-electron chi connectivity index (χ1n) is 6.84. The summed E-state index contributed by atoms with van der Waals surface area (Å²) in [7, 11) is 0. The molecular weight excluding hydrogens is 320 g/mol. The van der Waals surface area contributed by atoms with Gasteiger partial charge in [0.2, 0.25) is 0 Å². The Morgan fingerprint density at radius 2 is 2.00 bits per heavy atom. The molecule has 0 fully saturated rings. The quantitative estimate of drug-likeness (QED) is 0.648. The lowest BCUT2D eigenvalue weighted by atomic mass is 10.1. The van der Waals surface area contributed by atoms with Crippen molar-refractivity contribution < 1.29 is 19.4 Å². The van der Waals surface area contributed by atoms with Crippen LogP contribution in [0.15, 0.2) is 42.6 Å². The molecule has 0 bridgehead atoms. The molecular formula is C16H15ClN2O4. The van der Waals surface area contributed by atoms with E-state index in [4.69, 9.17) is 16.3 Å². The van der Waals surface area contributed by atoms with E-state index in [1.807, 2.05) is 0 Å². The number of rotatable bonds is 5. The fraction of sp³-hybridized carbons (Fsp3) is 0.188. The zero-order valence-corrected chi connectivity index (χ0v) is 13.1. The van der Waals surface area contributed by atoms with Gasteiger partial charge in [0.05, 0.1) is 12.1 Å². The SMILES string of the molecule is C[C@H](OC(=O)Cc1ccc(O)cc1)C(=O)Nc1cccnc1Cl. The van der Waals surface area contributed by atoms with Crippen molar-refractivity contribution in [2.24, 2.45) is 0 Å². The number of ether oxygens (including phenoxy) is 1. The maximum Gasteiger partial charge on any atom is 0.311 e. The van der Waals surface area contributed by atoms with Gasteiger partial charge in [-0.15, -0.1) is 0 Å². The maximum absolute atomic E-state index is 12.0. The summed E-state index contributed by atoms with van der Waals surface area (Å²) in [5.74, 6) is -0.933. The van der Waals surface area contributed by atoms with Gasteiger partial charge in [0.15, 0.2) is 11.3 Å². The Bertz CT molecular complexity index is 703. The third-order valence-corrected chi connectivity index (χ3v) is 3.28. The van der Waals surface area contributed by atoms with Crippen LogP contribution in [0.1, 0.15) is 12.5 Å². The van der Waals surface area contributed by atoms with Crippen molar-refractivity contribution in [1.29, 1.82) is 0 Å². The van der Waals surface area contributed by atoms with Crippen molar-refractivity contribution in [1.82, 2.24) is 4.98 Å². The van der Waals surface area contributed by atoms with E-state index in [9.17, 15) is 14.7 Å². The highest BCUT2D eigenvalue weighted by Gasteiger charge is 2.19. The first kappa shape index (κ1) is 16.8. The van der Waals surface area contributed by atoms with Gasteiger partial charge in [0, 0.05) is 6.20 Å². The van der Waals surface area contributed by atoms with Gasteiger partial charge in [-0.1, -0.05) is 23.7 Å². The summed E-state index contributed by atoms with van der Waals surface area (Å²) in [6, 6.07) is 9.39. The number of pyridine rings is 1. The van der Waals surface area contributed by atoms with Crippen molar-refractivity contribution in [2.75, 3.05) is 5.32 Å². The molecule has 0 saturated heterocycles. The van der Waals surface area contributed by atoms with Gasteiger partial charge < -0.3 is 15.2 Å². The Hall–Kier alpha value is -2.60. The van der Waals surface area contributed by atoms with Crippen LogP contribution in [0.25, 0.3) is 0 Å². The van der Waals surface area contributed by atoms with Gasteiger partial charge in [0.1, 0.15) is 5.75 Å². The predicted molar refractivity (Wildman–Crippen MR) is 85.2 cm³/mol. The Morgan fingerprint density at radius 3 is 2.65 bits per heavy atom. The molecule has 0 aliphatic heterocycles. The Kier molecular flexibility index (Phi) is 5.54. The van der Waals surface area contributed by atoms with Crippen molar-refractivity contribution in [2.45, 2.75) is 19.4 Å². The average molecular weight is 335 g/mol. The molecule has 2 N–H and O–H groups in total. The van der Waals surface area contributed by atoms with Gasteiger partial charge in [-0.05, 0) is 36.8 Å². The second-order valence-electron chi connectivity index (χ2n) is 4.81. The summed E-state index contributed by atoms with van der Waals surface area (Å²) in [4.78, 5) is 27.7. The zero-order valence-electron chi connectivity index (χ0n) is 12.3. The number of aromatic hydroxyl groups is 1. The number of phenols is 1. The van der Waals surface area contributed by atoms with Crippen LogP contribution < -0.4 is 5.32 Å². The minimum atomic E-state index is -0.976. The van der Waals surface area contributed by atoms with Gasteiger partial charge in [0.25, 0.3) is 5.91 Å². The van der Waals surface area contributed by atoms with Gasteiger partial charge in [-0.2, -0.15) is 0 Å².